The molecule has 2 aromatic rings. The zero-order valence-electron chi connectivity index (χ0n) is 13.6. The van der Waals surface area contributed by atoms with Crippen molar-refractivity contribution < 1.29 is 4.79 Å². The number of hydrogen-bond acceptors (Lipinski definition) is 5. The third-order valence-electron chi connectivity index (χ3n) is 3.50. The Morgan fingerprint density at radius 3 is 2.70 bits per heavy atom. The molecule has 0 aliphatic heterocycles. The number of thioether (sulfide) groups is 1. The predicted octanol–water partition coefficient (Wildman–Crippen LogP) is 3.31. The molecule has 0 spiro atoms. The number of anilines is 1. The molecule has 1 heterocycles. The second-order valence-electron chi connectivity index (χ2n) is 5.23. The highest BCUT2D eigenvalue weighted by Crippen LogP contribution is 2.23. The van der Waals surface area contributed by atoms with Gasteiger partial charge in [-0.1, -0.05) is 23.9 Å². The van der Waals surface area contributed by atoms with Crippen LogP contribution >= 0.6 is 11.8 Å². The highest BCUT2D eigenvalue weighted by molar-refractivity contribution is 8.00. The van der Waals surface area contributed by atoms with Crippen LogP contribution in [0.3, 0.4) is 0 Å². The minimum atomic E-state index is -0.124. The Kier molecular flexibility index (Phi) is 5.35. The summed E-state index contributed by atoms with van der Waals surface area (Å²) in [7, 11) is 0. The second kappa shape index (κ2) is 7.25. The number of aryl methyl sites for hydroxylation is 3. The van der Waals surface area contributed by atoms with E-state index < -0.39 is 0 Å². The monoisotopic (exact) mass is 326 g/mol. The van der Waals surface area contributed by atoms with E-state index in [0.29, 0.717) is 22.1 Å². The van der Waals surface area contributed by atoms with Crippen LogP contribution < -0.4 is 5.32 Å². The van der Waals surface area contributed by atoms with E-state index in [-0.39, 0.29) is 11.7 Å². The van der Waals surface area contributed by atoms with E-state index in [1.54, 1.807) is 13.8 Å². The highest BCUT2D eigenvalue weighted by atomic mass is 32.2. The third-order valence-corrected chi connectivity index (χ3v) is 4.47. The topological polar surface area (TPSA) is 78.7 Å². The summed E-state index contributed by atoms with van der Waals surface area (Å²) in [5.41, 5.74) is 4.06. The molecular formula is C17H18N4OS. The number of nitriles is 1. The summed E-state index contributed by atoms with van der Waals surface area (Å²) in [4.78, 5) is 20.6. The Balaban J connectivity index is 2.08. The molecule has 1 N–H and O–H groups in total. The molecule has 0 bridgehead atoms. The first-order valence-electron chi connectivity index (χ1n) is 7.16. The molecule has 0 atom stereocenters. The average Bonchev–Trinajstić information content (AvgIpc) is 2.49. The first kappa shape index (κ1) is 17.0. The van der Waals surface area contributed by atoms with Gasteiger partial charge in [0.25, 0.3) is 0 Å². The zero-order valence-corrected chi connectivity index (χ0v) is 14.4. The Bertz CT molecular complexity index is 796. The maximum absolute atomic E-state index is 12.2. The molecule has 0 fully saturated rings. The normalized spacial score (nSPS) is 10.2. The lowest BCUT2D eigenvalue weighted by atomic mass is 10.1. The zero-order chi connectivity index (χ0) is 17.0. The van der Waals surface area contributed by atoms with Crippen molar-refractivity contribution in [2.24, 2.45) is 0 Å². The van der Waals surface area contributed by atoms with Gasteiger partial charge in [-0.15, -0.1) is 0 Å². The van der Waals surface area contributed by atoms with E-state index in [1.165, 1.54) is 11.8 Å². The number of aromatic nitrogens is 2. The number of rotatable bonds is 4. The van der Waals surface area contributed by atoms with Crippen LogP contribution in [-0.2, 0) is 4.79 Å². The lowest BCUT2D eigenvalue weighted by Crippen LogP contribution is -2.15. The molecule has 2 rings (SSSR count). The fourth-order valence-corrected chi connectivity index (χ4v) is 3.00. The van der Waals surface area contributed by atoms with Gasteiger partial charge in [-0.05, 0) is 44.9 Å². The van der Waals surface area contributed by atoms with Crippen LogP contribution in [0.25, 0.3) is 0 Å². The first-order valence-corrected chi connectivity index (χ1v) is 8.15. The summed E-state index contributed by atoms with van der Waals surface area (Å²) in [6, 6.07) is 7.90. The minimum absolute atomic E-state index is 0.124. The van der Waals surface area contributed by atoms with E-state index in [0.717, 1.165) is 16.8 Å². The van der Waals surface area contributed by atoms with E-state index >= 15 is 0 Å². The van der Waals surface area contributed by atoms with Gasteiger partial charge in [0, 0.05) is 5.69 Å². The smallest absolute Gasteiger partial charge is 0.234 e. The lowest BCUT2D eigenvalue weighted by molar-refractivity contribution is -0.113. The molecule has 0 unspecified atom stereocenters. The van der Waals surface area contributed by atoms with Gasteiger partial charge >= 0.3 is 0 Å². The number of nitrogens with zero attached hydrogens (tertiary/aromatic N) is 3. The van der Waals surface area contributed by atoms with E-state index in [1.807, 2.05) is 32.0 Å². The molecular weight excluding hydrogens is 308 g/mol. The molecule has 118 valence electrons. The number of benzene rings is 1. The molecule has 1 amide bonds. The van der Waals surface area contributed by atoms with Gasteiger partial charge in [0.05, 0.1) is 11.4 Å². The van der Waals surface area contributed by atoms with Gasteiger partial charge in [-0.3, -0.25) is 4.79 Å². The van der Waals surface area contributed by atoms with Crippen molar-refractivity contribution in [1.29, 1.82) is 5.26 Å². The predicted molar refractivity (Wildman–Crippen MR) is 91.5 cm³/mol. The molecule has 23 heavy (non-hydrogen) atoms. The van der Waals surface area contributed by atoms with E-state index in [4.69, 9.17) is 0 Å². The molecule has 0 aliphatic rings. The van der Waals surface area contributed by atoms with Crippen molar-refractivity contribution in [3.05, 3.63) is 46.4 Å². The Labute approximate surface area is 140 Å². The highest BCUT2D eigenvalue weighted by Gasteiger charge is 2.13. The average molecular weight is 326 g/mol. The third kappa shape index (κ3) is 4.08. The summed E-state index contributed by atoms with van der Waals surface area (Å²) < 4.78 is 0. The Hall–Kier alpha value is -2.39. The van der Waals surface area contributed by atoms with Crippen LogP contribution in [0.4, 0.5) is 5.69 Å². The quantitative estimate of drug-likeness (QED) is 0.689. The maximum Gasteiger partial charge on any atom is 0.234 e. The molecule has 0 aliphatic carbocycles. The van der Waals surface area contributed by atoms with Crippen LogP contribution in [0.2, 0.25) is 0 Å². The largest absolute Gasteiger partial charge is 0.325 e. The number of carbonyl (C=O) groups is 1. The van der Waals surface area contributed by atoms with Crippen molar-refractivity contribution in [3.63, 3.8) is 0 Å². The molecule has 6 heteroatoms. The lowest BCUT2D eigenvalue weighted by Gasteiger charge is -2.10. The van der Waals surface area contributed by atoms with Gasteiger partial charge in [0.1, 0.15) is 22.5 Å². The summed E-state index contributed by atoms with van der Waals surface area (Å²) in [6.07, 6.45) is 0. The van der Waals surface area contributed by atoms with Crippen molar-refractivity contribution in [1.82, 2.24) is 9.97 Å². The summed E-state index contributed by atoms with van der Waals surface area (Å²) in [5.74, 6) is 0.665. The SMILES string of the molecule is Cc1nc(C)c(C#N)c(SCC(=O)Nc2cccc(C)c2C)n1. The number of amides is 1. The number of hydrogen-bond donors (Lipinski definition) is 1. The molecule has 0 saturated heterocycles. The molecule has 1 aromatic carbocycles. The van der Waals surface area contributed by atoms with E-state index in [2.05, 4.69) is 21.4 Å². The Morgan fingerprint density at radius 1 is 1.26 bits per heavy atom. The first-order chi connectivity index (χ1) is 10.9. The minimum Gasteiger partial charge on any atom is -0.325 e. The van der Waals surface area contributed by atoms with Crippen molar-refractivity contribution >= 4 is 23.4 Å². The molecule has 0 saturated carbocycles. The molecule has 0 radical (unpaired) electrons. The van der Waals surface area contributed by atoms with Gasteiger partial charge in [-0.2, -0.15) is 5.26 Å². The summed E-state index contributed by atoms with van der Waals surface area (Å²) >= 11 is 1.25. The van der Waals surface area contributed by atoms with Crippen molar-refractivity contribution in [2.75, 3.05) is 11.1 Å². The van der Waals surface area contributed by atoms with Crippen LogP contribution in [0, 0.1) is 39.0 Å². The summed E-state index contributed by atoms with van der Waals surface area (Å²) in [5, 5.41) is 12.7. The number of carbonyl (C=O) groups excluding carboxylic acids is 1. The maximum atomic E-state index is 12.2. The van der Waals surface area contributed by atoms with Gasteiger partial charge in [0.15, 0.2) is 0 Å². The van der Waals surface area contributed by atoms with Gasteiger partial charge in [0.2, 0.25) is 5.91 Å². The summed E-state index contributed by atoms with van der Waals surface area (Å²) in [6.45, 7) is 7.52. The van der Waals surface area contributed by atoms with E-state index in [9.17, 15) is 10.1 Å². The van der Waals surface area contributed by atoms with Crippen molar-refractivity contribution in [3.8, 4) is 6.07 Å². The van der Waals surface area contributed by atoms with Gasteiger partial charge < -0.3 is 5.32 Å². The standard InChI is InChI=1S/C17H18N4OS/c1-10-6-5-7-15(11(10)2)21-16(22)9-23-17-14(8-18)12(3)19-13(4)20-17/h5-7H,9H2,1-4H3,(H,21,22). The Morgan fingerprint density at radius 2 is 2.00 bits per heavy atom. The van der Waals surface area contributed by atoms with Crippen molar-refractivity contribution in [2.45, 2.75) is 32.7 Å². The van der Waals surface area contributed by atoms with Gasteiger partial charge in [-0.25, -0.2) is 9.97 Å². The second-order valence-corrected chi connectivity index (χ2v) is 6.20. The molecule has 1 aromatic heterocycles. The van der Waals surface area contributed by atoms with Crippen LogP contribution in [-0.4, -0.2) is 21.6 Å². The number of nitrogens with one attached hydrogen (secondary N) is 1. The molecule has 5 nitrogen and oxygen atoms in total. The fraction of sp³-hybridized carbons (Fsp3) is 0.294. The fourth-order valence-electron chi connectivity index (χ4n) is 2.12. The van der Waals surface area contributed by atoms with Crippen LogP contribution in [0.15, 0.2) is 23.2 Å². The van der Waals surface area contributed by atoms with Crippen LogP contribution in [0.1, 0.15) is 28.2 Å². The van der Waals surface area contributed by atoms with Crippen LogP contribution in [0.5, 0.6) is 0 Å².